The van der Waals surface area contributed by atoms with Gasteiger partial charge in [-0.05, 0) is 39.5 Å². The molecule has 3 nitrogen and oxygen atoms in total. The van der Waals surface area contributed by atoms with Crippen LogP contribution in [-0.4, -0.2) is 13.2 Å². The van der Waals surface area contributed by atoms with Gasteiger partial charge in [0.25, 0.3) is 10.0 Å². The minimum absolute atomic E-state index is 0.0450. The molecule has 21 heavy (non-hydrogen) atoms. The fourth-order valence-corrected chi connectivity index (χ4v) is 6.98. The number of hydrogen-bond acceptors (Lipinski definition) is 3. The predicted molar refractivity (Wildman–Crippen MR) is 93.0 cm³/mol. The molecule has 0 amide bonds. The van der Waals surface area contributed by atoms with Crippen LogP contribution >= 0.6 is 54.8 Å². The molecular formula is C13H10Br2ClNO2S2. The Kier molecular flexibility index (Phi) is 4.51. The average Bonchev–Trinajstić information content (AvgIpc) is 2.92. The third-order valence-electron chi connectivity index (χ3n) is 3.34. The van der Waals surface area contributed by atoms with E-state index in [9.17, 15) is 8.42 Å². The first kappa shape index (κ1) is 16.0. The van der Waals surface area contributed by atoms with Crippen LogP contribution in [0.4, 0.5) is 0 Å². The third kappa shape index (κ3) is 3.09. The van der Waals surface area contributed by atoms with E-state index >= 15 is 0 Å². The number of halogens is 3. The van der Waals surface area contributed by atoms with Crippen molar-refractivity contribution in [3.63, 3.8) is 0 Å². The normalized spacial score (nSPS) is 21.5. The van der Waals surface area contributed by atoms with E-state index in [1.807, 2.05) is 24.3 Å². The second-order valence-corrected chi connectivity index (χ2v) is 10.6. The zero-order chi connectivity index (χ0) is 15.2. The van der Waals surface area contributed by atoms with Crippen molar-refractivity contribution in [1.82, 2.24) is 4.72 Å². The van der Waals surface area contributed by atoms with Gasteiger partial charge in [-0.1, -0.05) is 51.8 Å². The highest BCUT2D eigenvalue weighted by Crippen LogP contribution is 2.39. The summed E-state index contributed by atoms with van der Waals surface area (Å²) in [5.74, 6) is 0. The van der Waals surface area contributed by atoms with E-state index in [1.165, 1.54) is 6.07 Å². The number of alkyl halides is 1. The second-order valence-electron chi connectivity index (χ2n) is 4.70. The summed E-state index contributed by atoms with van der Waals surface area (Å²) in [6.45, 7) is 0. The molecule has 0 saturated carbocycles. The first-order valence-electron chi connectivity index (χ1n) is 6.07. The van der Waals surface area contributed by atoms with Gasteiger partial charge in [-0.3, -0.25) is 0 Å². The summed E-state index contributed by atoms with van der Waals surface area (Å²) in [5, 5.41) is 0.405. The van der Waals surface area contributed by atoms with Gasteiger partial charge in [0.15, 0.2) is 0 Å². The topological polar surface area (TPSA) is 46.2 Å². The number of rotatable bonds is 3. The smallest absolute Gasteiger partial charge is 0.206 e. The molecule has 2 atom stereocenters. The first-order valence-corrected chi connectivity index (χ1v) is 10.5. The summed E-state index contributed by atoms with van der Waals surface area (Å²) < 4.78 is 28.6. The Hall–Kier alpha value is 0.0800. The number of nitrogens with one attached hydrogen (secondary N) is 1. The molecule has 112 valence electrons. The second kappa shape index (κ2) is 5.94. The average molecular weight is 472 g/mol. The summed E-state index contributed by atoms with van der Waals surface area (Å²) in [6, 6.07) is 9.06. The molecule has 1 N–H and O–H groups in total. The summed E-state index contributed by atoms with van der Waals surface area (Å²) in [5.41, 5.74) is 2.18. The van der Waals surface area contributed by atoms with Crippen LogP contribution in [0.1, 0.15) is 17.2 Å². The highest BCUT2D eigenvalue weighted by atomic mass is 79.9. The molecule has 0 fully saturated rings. The molecule has 8 heteroatoms. The quantitative estimate of drug-likeness (QED) is 0.670. The van der Waals surface area contributed by atoms with Crippen LogP contribution in [0.2, 0.25) is 5.02 Å². The molecule has 1 aromatic carbocycles. The first-order chi connectivity index (χ1) is 9.88. The number of benzene rings is 1. The number of sulfonamides is 1. The minimum Gasteiger partial charge on any atom is -0.206 e. The van der Waals surface area contributed by atoms with Crippen LogP contribution in [0.15, 0.2) is 38.3 Å². The van der Waals surface area contributed by atoms with E-state index in [0.717, 1.165) is 28.9 Å². The van der Waals surface area contributed by atoms with Crippen molar-refractivity contribution in [2.24, 2.45) is 0 Å². The van der Waals surface area contributed by atoms with E-state index < -0.39 is 10.0 Å². The van der Waals surface area contributed by atoms with Gasteiger partial charge >= 0.3 is 0 Å². The van der Waals surface area contributed by atoms with E-state index in [0.29, 0.717) is 8.81 Å². The maximum absolute atomic E-state index is 12.5. The molecule has 0 spiro atoms. The fraction of sp³-hybridized carbons (Fsp3) is 0.231. The van der Waals surface area contributed by atoms with Gasteiger partial charge in [0.1, 0.15) is 4.21 Å². The molecule has 1 aromatic heterocycles. The highest BCUT2D eigenvalue weighted by Gasteiger charge is 2.34. The van der Waals surface area contributed by atoms with Crippen molar-refractivity contribution in [1.29, 1.82) is 0 Å². The summed E-state index contributed by atoms with van der Waals surface area (Å²) in [7, 11) is -3.60. The predicted octanol–water partition coefficient (Wildman–Crippen LogP) is 4.50. The van der Waals surface area contributed by atoms with Gasteiger partial charge in [-0.15, -0.1) is 11.3 Å². The van der Waals surface area contributed by atoms with Gasteiger partial charge in [0.2, 0.25) is 0 Å². The minimum atomic E-state index is -3.60. The van der Waals surface area contributed by atoms with Gasteiger partial charge in [-0.2, -0.15) is 0 Å². The van der Waals surface area contributed by atoms with Crippen LogP contribution in [0, 0.1) is 0 Å². The monoisotopic (exact) mass is 469 g/mol. The Labute approximate surface area is 149 Å². The van der Waals surface area contributed by atoms with Gasteiger partial charge in [-0.25, -0.2) is 13.1 Å². The lowest BCUT2D eigenvalue weighted by Gasteiger charge is -2.17. The van der Waals surface area contributed by atoms with Gasteiger partial charge in [0, 0.05) is 4.83 Å². The molecule has 0 bridgehead atoms. The Bertz CT molecular complexity index is 772. The van der Waals surface area contributed by atoms with Crippen molar-refractivity contribution < 1.29 is 8.42 Å². The summed E-state index contributed by atoms with van der Waals surface area (Å²) in [4.78, 5) is 0.0450. The van der Waals surface area contributed by atoms with E-state index in [1.54, 1.807) is 0 Å². The largest absolute Gasteiger partial charge is 0.250 e. The van der Waals surface area contributed by atoms with Gasteiger partial charge < -0.3 is 0 Å². The van der Waals surface area contributed by atoms with E-state index in [-0.39, 0.29) is 15.1 Å². The lowest BCUT2D eigenvalue weighted by molar-refractivity contribution is 0.561. The van der Waals surface area contributed by atoms with E-state index in [4.69, 9.17) is 11.6 Å². The molecular weight excluding hydrogens is 462 g/mol. The lowest BCUT2D eigenvalue weighted by Crippen LogP contribution is -2.31. The molecule has 1 aliphatic carbocycles. The lowest BCUT2D eigenvalue weighted by atomic mass is 10.1. The zero-order valence-corrected chi connectivity index (χ0v) is 16.1. The Morgan fingerprint density at radius 3 is 2.71 bits per heavy atom. The van der Waals surface area contributed by atoms with Crippen molar-refractivity contribution in [2.45, 2.75) is 21.5 Å². The molecule has 0 aliphatic heterocycles. The summed E-state index contributed by atoms with van der Waals surface area (Å²) in [6.07, 6.45) is 0.804. The Balaban J connectivity index is 1.93. The van der Waals surface area contributed by atoms with Gasteiger partial charge in [0.05, 0.1) is 14.9 Å². The fourth-order valence-electron chi connectivity index (χ4n) is 2.37. The van der Waals surface area contributed by atoms with Crippen molar-refractivity contribution >= 4 is 64.8 Å². The Morgan fingerprint density at radius 2 is 2.05 bits per heavy atom. The maximum Gasteiger partial charge on any atom is 0.250 e. The molecule has 3 rings (SSSR count). The highest BCUT2D eigenvalue weighted by molar-refractivity contribution is 9.11. The zero-order valence-electron chi connectivity index (χ0n) is 10.5. The van der Waals surface area contributed by atoms with Crippen molar-refractivity contribution in [3.05, 3.63) is 50.3 Å². The van der Waals surface area contributed by atoms with Crippen LogP contribution in [0.5, 0.6) is 0 Å². The number of thiophene rings is 1. The summed E-state index contributed by atoms with van der Waals surface area (Å²) >= 11 is 13.8. The van der Waals surface area contributed by atoms with Crippen LogP contribution in [0.3, 0.4) is 0 Å². The molecule has 2 aromatic rings. The van der Waals surface area contributed by atoms with Crippen molar-refractivity contribution in [3.8, 4) is 0 Å². The molecule has 0 radical (unpaired) electrons. The molecule has 1 aliphatic rings. The van der Waals surface area contributed by atoms with Crippen LogP contribution in [0.25, 0.3) is 0 Å². The van der Waals surface area contributed by atoms with Crippen LogP contribution in [-0.2, 0) is 16.4 Å². The SMILES string of the molecule is O=S(=O)(NC1c2ccccc2CC1Br)c1cc(Cl)c(Br)s1. The standard InChI is InChI=1S/C13H10Br2ClNO2S2/c14-9-5-7-3-1-2-4-8(7)12(9)17-21(18,19)11-6-10(16)13(15)20-11/h1-4,6,9,12,17H,5H2. The number of fused-ring (bicyclic) bond motifs is 1. The van der Waals surface area contributed by atoms with E-state index in [2.05, 4.69) is 36.6 Å². The maximum atomic E-state index is 12.5. The van der Waals surface area contributed by atoms with Crippen LogP contribution < -0.4 is 4.72 Å². The molecule has 1 heterocycles. The molecule has 2 unspecified atom stereocenters. The Morgan fingerprint density at radius 1 is 1.33 bits per heavy atom. The third-order valence-corrected chi connectivity index (χ3v) is 8.58. The van der Waals surface area contributed by atoms with Crippen molar-refractivity contribution in [2.75, 3.05) is 0 Å². The molecule has 0 saturated heterocycles. The number of hydrogen-bond donors (Lipinski definition) is 1.